The van der Waals surface area contributed by atoms with Gasteiger partial charge in [0.25, 0.3) is 5.97 Å². The second-order valence-electron chi connectivity index (χ2n) is 0.519. The first-order chi connectivity index (χ1) is 1.73. The van der Waals surface area contributed by atoms with Crippen molar-refractivity contribution in [2.75, 3.05) is 0 Å². The Morgan fingerprint density at radius 1 is 1.38 bits per heavy atom. The molecule has 1 N–H and O–H groups in total. The average Bonchev–Trinajstić information content (AvgIpc) is 0.811. The monoisotopic (exact) mass is 180 g/mol. The van der Waals surface area contributed by atoms with Gasteiger partial charge in [0.2, 0.25) is 0 Å². The standard InChI is InChI=1S/C2H4O2.2ClH.2Mg.2H/c1-2(3)4;;;;;;/h1H3,(H,3,4);2*1H;;;;/q;;;2*+2;2*-1/p-2. The van der Waals surface area contributed by atoms with E-state index in [1.807, 2.05) is 0 Å². The number of aliphatic carboxylic acids is 1. The summed E-state index contributed by atoms with van der Waals surface area (Å²) in [5.41, 5.74) is 0. The van der Waals surface area contributed by atoms with Crippen LogP contribution >= 0.6 is 0 Å². The molecule has 0 fully saturated rings. The van der Waals surface area contributed by atoms with Crippen molar-refractivity contribution in [3.05, 3.63) is 0 Å². The van der Waals surface area contributed by atoms with Gasteiger partial charge in [-0.1, -0.05) is 0 Å². The summed E-state index contributed by atoms with van der Waals surface area (Å²) < 4.78 is 0. The molecule has 0 bridgehead atoms. The third-order valence-electron chi connectivity index (χ3n) is 0. The summed E-state index contributed by atoms with van der Waals surface area (Å²) in [5.74, 6) is -0.833. The normalized spacial score (nSPS) is 3.12. The van der Waals surface area contributed by atoms with Crippen LogP contribution in [0.4, 0.5) is 0 Å². The number of hydrogen-bond donors (Lipinski definition) is 1. The Bertz CT molecular complexity index is 46.2. The number of carboxylic acids is 1. The fourth-order valence-electron chi connectivity index (χ4n) is 0. The van der Waals surface area contributed by atoms with E-state index in [0.29, 0.717) is 0 Å². The van der Waals surface area contributed by atoms with E-state index in [4.69, 9.17) is 9.90 Å². The molecule has 0 atom stereocenters. The molecule has 8 heavy (non-hydrogen) atoms. The van der Waals surface area contributed by atoms with E-state index in [1.165, 1.54) is 0 Å². The number of rotatable bonds is 0. The van der Waals surface area contributed by atoms with E-state index in [2.05, 4.69) is 0 Å². The van der Waals surface area contributed by atoms with Gasteiger partial charge in [-0.2, -0.15) is 0 Å². The zero-order chi connectivity index (χ0) is 3.58. The van der Waals surface area contributed by atoms with Gasteiger partial charge in [0.05, 0.1) is 0 Å². The third-order valence-corrected chi connectivity index (χ3v) is 0. The van der Waals surface area contributed by atoms with Crippen LogP contribution in [0.2, 0.25) is 0 Å². The molecule has 0 saturated heterocycles. The Kier molecular flexibility index (Phi) is 98.7. The summed E-state index contributed by atoms with van der Waals surface area (Å²) in [7, 11) is 0. The van der Waals surface area contributed by atoms with Crippen LogP contribution in [0.1, 0.15) is 9.78 Å². The van der Waals surface area contributed by atoms with Crippen LogP contribution in [-0.2, 0) is 4.79 Å². The van der Waals surface area contributed by atoms with Crippen LogP contribution in [0.25, 0.3) is 0 Å². The van der Waals surface area contributed by atoms with Crippen molar-refractivity contribution in [3.8, 4) is 0 Å². The first-order valence-electron chi connectivity index (χ1n) is 0.928. The van der Waals surface area contributed by atoms with Gasteiger partial charge >= 0.3 is 46.1 Å². The first kappa shape index (κ1) is 33.6. The summed E-state index contributed by atoms with van der Waals surface area (Å²) in [5, 5.41) is 7.42. The maximum absolute atomic E-state index is 9.00. The minimum atomic E-state index is -0.833. The number of halogens is 2. The molecule has 0 heterocycles. The third kappa shape index (κ3) is 131. The van der Waals surface area contributed by atoms with Crippen LogP contribution in [0.15, 0.2) is 0 Å². The van der Waals surface area contributed by atoms with Crippen molar-refractivity contribution in [3.63, 3.8) is 0 Å². The molecule has 0 radical (unpaired) electrons. The summed E-state index contributed by atoms with van der Waals surface area (Å²) in [4.78, 5) is 9.00. The SMILES string of the molecule is CC(=O)O.[Cl-].[Cl-].[H-].[H-].[Mg+2].[Mg+2]. The van der Waals surface area contributed by atoms with Crippen molar-refractivity contribution < 1.29 is 37.6 Å². The van der Waals surface area contributed by atoms with Gasteiger partial charge in [0.1, 0.15) is 0 Å². The van der Waals surface area contributed by atoms with Crippen LogP contribution in [0.3, 0.4) is 0 Å². The van der Waals surface area contributed by atoms with E-state index in [0.717, 1.165) is 6.92 Å². The van der Waals surface area contributed by atoms with E-state index >= 15 is 0 Å². The zero-order valence-corrected chi connectivity index (χ0v) is 8.87. The molecular weight excluding hydrogens is 176 g/mol. The second-order valence-corrected chi connectivity index (χ2v) is 0.519. The molecule has 0 aromatic rings. The van der Waals surface area contributed by atoms with Crippen LogP contribution in [-0.4, -0.2) is 57.2 Å². The zero-order valence-electron chi connectivity index (χ0n) is 6.53. The molecule has 0 aliphatic rings. The molecule has 2 nitrogen and oxygen atoms in total. The Labute approximate surface area is 95.9 Å². The predicted molar refractivity (Wildman–Crippen MR) is 27.0 cm³/mol. The Morgan fingerprint density at radius 2 is 1.38 bits per heavy atom. The Morgan fingerprint density at radius 3 is 1.38 bits per heavy atom. The van der Waals surface area contributed by atoms with Gasteiger partial charge in [-0.05, 0) is 0 Å². The van der Waals surface area contributed by atoms with Crippen molar-refractivity contribution in [2.45, 2.75) is 6.92 Å². The molecule has 0 amide bonds. The fourth-order valence-corrected chi connectivity index (χ4v) is 0. The van der Waals surface area contributed by atoms with Gasteiger partial charge in [-0.25, -0.2) is 0 Å². The number of carboxylic acid groups (broad SMARTS) is 1. The molecule has 44 valence electrons. The minimum Gasteiger partial charge on any atom is -1.00 e. The van der Waals surface area contributed by atoms with Gasteiger partial charge in [0, 0.05) is 6.92 Å². The van der Waals surface area contributed by atoms with Gasteiger partial charge in [0.15, 0.2) is 0 Å². The molecule has 0 spiro atoms. The van der Waals surface area contributed by atoms with Crippen molar-refractivity contribution in [1.29, 1.82) is 0 Å². The van der Waals surface area contributed by atoms with Crippen molar-refractivity contribution >= 4 is 52.1 Å². The van der Waals surface area contributed by atoms with E-state index < -0.39 is 5.97 Å². The van der Waals surface area contributed by atoms with E-state index in [9.17, 15) is 0 Å². The fraction of sp³-hybridized carbons (Fsp3) is 0.500. The number of carbonyl (C=O) groups is 1. The average molecular weight is 182 g/mol. The summed E-state index contributed by atoms with van der Waals surface area (Å²) >= 11 is 0. The minimum absolute atomic E-state index is 0. The summed E-state index contributed by atoms with van der Waals surface area (Å²) in [6.45, 7) is 1.08. The smallest absolute Gasteiger partial charge is 1.00 e. The molecular formula is C2H6Cl2Mg2O2. The van der Waals surface area contributed by atoms with Crippen LogP contribution in [0.5, 0.6) is 0 Å². The molecule has 0 rings (SSSR count). The van der Waals surface area contributed by atoms with Gasteiger partial charge in [-0.15, -0.1) is 0 Å². The largest absolute Gasteiger partial charge is 2.00 e. The quantitative estimate of drug-likeness (QED) is 0.378. The van der Waals surface area contributed by atoms with Crippen LogP contribution < -0.4 is 24.8 Å². The molecule has 0 aromatic carbocycles. The predicted octanol–water partition coefficient (Wildman–Crippen LogP) is -6.44. The van der Waals surface area contributed by atoms with Gasteiger partial charge < -0.3 is 32.8 Å². The second kappa shape index (κ2) is 23.5. The molecule has 0 unspecified atom stereocenters. The topological polar surface area (TPSA) is 37.3 Å². The van der Waals surface area contributed by atoms with Crippen molar-refractivity contribution in [2.24, 2.45) is 0 Å². The maximum atomic E-state index is 9.00. The molecule has 0 aliphatic heterocycles. The van der Waals surface area contributed by atoms with E-state index in [-0.39, 0.29) is 73.8 Å². The summed E-state index contributed by atoms with van der Waals surface area (Å²) in [6, 6.07) is 0. The summed E-state index contributed by atoms with van der Waals surface area (Å²) in [6.07, 6.45) is 0. The Hall–Kier alpha value is 1.58. The number of hydrogen-bond acceptors (Lipinski definition) is 1. The maximum Gasteiger partial charge on any atom is 2.00 e. The van der Waals surface area contributed by atoms with Crippen LogP contribution in [0, 0.1) is 0 Å². The van der Waals surface area contributed by atoms with E-state index in [1.54, 1.807) is 0 Å². The Balaban J connectivity index is -0.00000000300. The molecule has 0 aliphatic carbocycles. The van der Waals surface area contributed by atoms with Gasteiger partial charge in [-0.3, -0.25) is 4.79 Å². The molecule has 0 saturated carbocycles. The molecule has 0 aromatic heterocycles. The molecule has 6 heteroatoms. The van der Waals surface area contributed by atoms with Crippen molar-refractivity contribution in [1.82, 2.24) is 0 Å². The first-order valence-corrected chi connectivity index (χ1v) is 0.928.